The van der Waals surface area contributed by atoms with Crippen molar-refractivity contribution in [1.82, 2.24) is 9.80 Å². The predicted octanol–water partition coefficient (Wildman–Crippen LogP) is 2.61. The van der Waals surface area contributed by atoms with Crippen LogP contribution in [0.4, 0.5) is 0 Å². The highest BCUT2D eigenvalue weighted by atomic mass is 16.5. The van der Waals surface area contributed by atoms with Crippen molar-refractivity contribution in [1.29, 1.82) is 0 Å². The zero-order chi connectivity index (χ0) is 16.7. The summed E-state index contributed by atoms with van der Waals surface area (Å²) in [5.74, 6) is 1.58. The summed E-state index contributed by atoms with van der Waals surface area (Å²) in [7, 11) is 1.89. The lowest BCUT2D eigenvalue weighted by Gasteiger charge is -2.38. The minimum absolute atomic E-state index is 0.272. The lowest BCUT2D eigenvalue weighted by Crippen LogP contribution is -2.45. The fraction of sp³-hybridized carbons (Fsp3) is 1.00. The normalized spacial score (nSPS) is 23.2. The van der Waals surface area contributed by atoms with Gasteiger partial charge in [-0.15, -0.1) is 0 Å². The van der Waals surface area contributed by atoms with Crippen molar-refractivity contribution < 1.29 is 9.84 Å². The van der Waals surface area contributed by atoms with Gasteiger partial charge in [0.25, 0.3) is 0 Å². The topological polar surface area (TPSA) is 35.9 Å². The summed E-state index contributed by atoms with van der Waals surface area (Å²) in [5, 5.41) is 9.22. The molecule has 1 atom stereocenters. The summed E-state index contributed by atoms with van der Waals surface area (Å²) >= 11 is 0. The summed E-state index contributed by atoms with van der Waals surface area (Å²) < 4.78 is 5.81. The third kappa shape index (κ3) is 6.00. The molecule has 0 aromatic carbocycles. The number of piperidine rings is 1. The molecule has 2 fully saturated rings. The first kappa shape index (κ1) is 19.2. The smallest absolute Gasteiger partial charge is 0.0726 e. The van der Waals surface area contributed by atoms with E-state index in [0.29, 0.717) is 12.1 Å². The second-order valence-corrected chi connectivity index (χ2v) is 7.87. The van der Waals surface area contributed by atoms with Crippen molar-refractivity contribution in [3.05, 3.63) is 0 Å². The van der Waals surface area contributed by atoms with Crippen molar-refractivity contribution in [2.24, 2.45) is 11.8 Å². The number of ether oxygens (including phenoxy) is 1. The average molecular weight is 327 g/mol. The molecule has 2 aliphatic rings. The molecule has 4 nitrogen and oxygen atoms in total. The molecular formula is C19H38N2O2. The highest BCUT2D eigenvalue weighted by molar-refractivity contribution is 4.82. The zero-order valence-electron chi connectivity index (χ0n) is 15.5. The van der Waals surface area contributed by atoms with E-state index in [9.17, 15) is 5.11 Å². The molecule has 0 amide bonds. The quantitative estimate of drug-likeness (QED) is 0.706. The number of aliphatic hydroxyl groups excluding tert-OH is 1. The molecule has 0 aromatic rings. The molecule has 0 aromatic heterocycles. The van der Waals surface area contributed by atoms with E-state index in [0.717, 1.165) is 31.5 Å². The lowest BCUT2D eigenvalue weighted by molar-refractivity contribution is 0.0121. The number of hydrogen-bond donors (Lipinski definition) is 1. The summed E-state index contributed by atoms with van der Waals surface area (Å²) in [6.45, 7) is 10.2. The minimum atomic E-state index is 0.272. The van der Waals surface area contributed by atoms with E-state index in [1.54, 1.807) is 0 Å². The number of aliphatic hydroxyl groups is 1. The molecule has 4 heteroatoms. The Morgan fingerprint density at radius 1 is 1.13 bits per heavy atom. The second-order valence-electron chi connectivity index (χ2n) is 7.87. The standard InChI is InChI=1S/C19H38N2O2/c1-16(2)21(12-13-22)14-17-8-10-20(11-9-17)15-19(23-3)18-6-4-5-7-18/h16-19,22H,4-15H2,1-3H3. The maximum Gasteiger partial charge on any atom is 0.0726 e. The Balaban J connectivity index is 1.72. The largest absolute Gasteiger partial charge is 0.395 e. The van der Waals surface area contributed by atoms with E-state index >= 15 is 0 Å². The van der Waals surface area contributed by atoms with Crippen LogP contribution in [-0.4, -0.2) is 73.5 Å². The third-order valence-electron chi connectivity index (χ3n) is 5.98. The molecule has 0 bridgehead atoms. The Kier molecular flexibility index (Phi) is 8.31. The van der Waals surface area contributed by atoms with Gasteiger partial charge in [0, 0.05) is 32.8 Å². The lowest BCUT2D eigenvalue weighted by atomic mass is 9.94. The first-order chi connectivity index (χ1) is 11.1. The summed E-state index contributed by atoms with van der Waals surface area (Å²) in [5.41, 5.74) is 0. The summed E-state index contributed by atoms with van der Waals surface area (Å²) in [6.07, 6.45) is 8.52. The van der Waals surface area contributed by atoms with E-state index in [-0.39, 0.29) is 6.61 Å². The van der Waals surface area contributed by atoms with E-state index < -0.39 is 0 Å². The van der Waals surface area contributed by atoms with Gasteiger partial charge < -0.3 is 14.7 Å². The van der Waals surface area contributed by atoms with Gasteiger partial charge in [-0.3, -0.25) is 4.90 Å². The first-order valence-corrected chi connectivity index (χ1v) is 9.74. The maximum absolute atomic E-state index is 9.22. The first-order valence-electron chi connectivity index (χ1n) is 9.74. The molecule has 0 radical (unpaired) electrons. The van der Waals surface area contributed by atoms with Gasteiger partial charge in [-0.1, -0.05) is 12.8 Å². The number of rotatable bonds is 9. The highest BCUT2D eigenvalue weighted by Crippen LogP contribution is 2.30. The summed E-state index contributed by atoms with van der Waals surface area (Å²) in [6, 6.07) is 0.528. The maximum atomic E-state index is 9.22. The Morgan fingerprint density at radius 2 is 1.78 bits per heavy atom. The van der Waals surface area contributed by atoms with E-state index in [4.69, 9.17) is 4.74 Å². The molecule has 1 unspecified atom stereocenters. The van der Waals surface area contributed by atoms with Gasteiger partial charge in [0.15, 0.2) is 0 Å². The Morgan fingerprint density at radius 3 is 2.30 bits per heavy atom. The summed E-state index contributed by atoms with van der Waals surface area (Å²) in [4.78, 5) is 5.05. The van der Waals surface area contributed by atoms with Crippen LogP contribution < -0.4 is 0 Å². The van der Waals surface area contributed by atoms with Crippen molar-refractivity contribution in [2.75, 3.05) is 46.4 Å². The number of likely N-dealkylation sites (tertiary alicyclic amines) is 1. The Hall–Kier alpha value is -0.160. The van der Waals surface area contributed by atoms with Crippen LogP contribution >= 0.6 is 0 Å². The van der Waals surface area contributed by atoms with Crippen LogP contribution in [0.25, 0.3) is 0 Å². The monoisotopic (exact) mass is 326 g/mol. The van der Waals surface area contributed by atoms with Gasteiger partial charge in [-0.05, 0) is 64.5 Å². The van der Waals surface area contributed by atoms with E-state index in [2.05, 4.69) is 23.6 Å². The zero-order valence-corrected chi connectivity index (χ0v) is 15.5. The van der Waals surface area contributed by atoms with Crippen LogP contribution in [0.1, 0.15) is 52.4 Å². The number of hydrogen-bond acceptors (Lipinski definition) is 4. The predicted molar refractivity (Wildman–Crippen MR) is 95.7 cm³/mol. The van der Waals surface area contributed by atoms with Crippen LogP contribution in [0.5, 0.6) is 0 Å². The molecule has 2 rings (SSSR count). The fourth-order valence-electron chi connectivity index (χ4n) is 4.37. The molecule has 23 heavy (non-hydrogen) atoms. The highest BCUT2D eigenvalue weighted by Gasteiger charge is 2.29. The van der Waals surface area contributed by atoms with Crippen LogP contribution in [0.3, 0.4) is 0 Å². The van der Waals surface area contributed by atoms with Crippen LogP contribution in [0.2, 0.25) is 0 Å². The van der Waals surface area contributed by atoms with Crippen molar-refractivity contribution in [3.63, 3.8) is 0 Å². The Bertz CT molecular complexity index is 310. The molecule has 1 saturated carbocycles. The molecule has 1 heterocycles. The third-order valence-corrected chi connectivity index (χ3v) is 5.98. The Labute approximate surface area is 143 Å². The molecule has 1 saturated heterocycles. The van der Waals surface area contributed by atoms with Gasteiger partial charge in [0.1, 0.15) is 0 Å². The van der Waals surface area contributed by atoms with Gasteiger partial charge in [0.05, 0.1) is 12.7 Å². The van der Waals surface area contributed by atoms with Gasteiger partial charge in [-0.2, -0.15) is 0 Å². The van der Waals surface area contributed by atoms with Crippen molar-refractivity contribution >= 4 is 0 Å². The van der Waals surface area contributed by atoms with Gasteiger partial charge in [-0.25, -0.2) is 0 Å². The number of methoxy groups -OCH3 is 1. The molecule has 0 spiro atoms. The van der Waals surface area contributed by atoms with Crippen LogP contribution in [0, 0.1) is 11.8 Å². The van der Waals surface area contributed by atoms with Gasteiger partial charge >= 0.3 is 0 Å². The molecule has 136 valence electrons. The molecule has 1 N–H and O–H groups in total. The minimum Gasteiger partial charge on any atom is -0.395 e. The molecular weight excluding hydrogens is 288 g/mol. The second kappa shape index (κ2) is 9.97. The van der Waals surface area contributed by atoms with E-state index in [1.165, 1.54) is 51.6 Å². The van der Waals surface area contributed by atoms with Gasteiger partial charge in [0.2, 0.25) is 0 Å². The SMILES string of the molecule is COC(CN1CCC(CN(CCO)C(C)C)CC1)C1CCCC1. The number of nitrogens with zero attached hydrogens (tertiary/aromatic N) is 2. The van der Waals surface area contributed by atoms with Crippen molar-refractivity contribution in [2.45, 2.75) is 64.5 Å². The fourth-order valence-corrected chi connectivity index (χ4v) is 4.37. The molecule has 1 aliphatic heterocycles. The average Bonchev–Trinajstić information content (AvgIpc) is 3.07. The van der Waals surface area contributed by atoms with E-state index in [1.807, 2.05) is 7.11 Å². The van der Waals surface area contributed by atoms with Crippen LogP contribution in [-0.2, 0) is 4.74 Å². The molecule has 1 aliphatic carbocycles. The van der Waals surface area contributed by atoms with Crippen LogP contribution in [0.15, 0.2) is 0 Å². The van der Waals surface area contributed by atoms with Crippen molar-refractivity contribution in [3.8, 4) is 0 Å².